The van der Waals surface area contributed by atoms with Gasteiger partial charge >= 0.3 is 0 Å². The van der Waals surface area contributed by atoms with Crippen LogP contribution in [0.1, 0.15) is 121 Å². The highest BCUT2D eigenvalue weighted by molar-refractivity contribution is 6.05. The lowest BCUT2D eigenvalue weighted by molar-refractivity contribution is 0.100. The molecule has 0 aliphatic rings. The quantitative estimate of drug-likeness (QED) is 0.315. The third-order valence-electron chi connectivity index (χ3n) is 7.27. The van der Waals surface area contributed by atoms with Gasteiger partial charge in [-0.2, -0.15) is 0 Å². The standard InChI is InChI=1S/C36H47N2O3/c1-33(2,3)23-17-22(30(39)26(18-23)35(7,8)9)21-37-32(41)25-15-13-14-16-28(25)38-29-20-24(34(4,5)6)19-27(31(29)40)36(10,11)12/h13-21,39-40H,1-12H3. The molecule has 0 aromatic heterocycles. The van der Waals surface area contributed by atoms with Crippen LogP contribution >= 0.6 is 0 Å². The number of nitrogens with zero attached hydrogens (tertiary/aromatic N) is 2. The predicted molar refractivity (Wildman–Crippen MR) is 171 cm³/mol. The van der Waals surface area contributed by atoms with E-state index in [-0.39, 0.29) is 33.2 Å². The summed E-state index contributed by atoms with van der Waals surface area (Å²) in [6.45, 7) is 25.0. The Morgan fingerprint density at radius 2 is 1.12 bits per heavy atom. The van der Waals surface area contributed by atoms with Gasteiger partial charge in [0.1, 0.15) is 17.2 Å². The van der Waals surface area contributed by atoms with E-state index < -0.39 is 5.91 Å². The summed E-state index contributed by atoms with van der Waals surface area (Å²) in [6, 6.07) is 14.9. The fourth-order valence-corrected chi connectivity index (χ4v) is 4.55. The first-order chi connectivity index (χ1) is 18.6. The van der Waals surface area contributed by atoms with Crippen molar-refractivity contribution in [1.82, 2.24) is 5.32 Å². The van der Waals surface area contributed by atoms with E-state index in [4.69, 9.17) is 5.32 Å². The molecule has 0 atom stereocenters. The molecule has 5 heteroatoms. The van der Waals surface area contributed by atoms with Crippen molar-refractivity contribution in [3.05, 3.63) is 81.9 Å². The zero-order chi connectivity index (χ0) is 31.1. The lowest BCUT2D eigenvalue weighted by Gasteiger charge is -2.27. The van der Waals surface area contributed by atoms with Crippen molar-refractivity contribution in [2.24, 2.45) is 4.99 Å². The number of carbonyl (C=O) groups is 1. The van der Waals surface area contributed by atoms with Crippen molar-refractivity contribution < 1.29 is 15.0 Å². The van der Waals surface area contributed by atoms with Gasteiger partial charge in [0.05, 0.1) is 11.3 Å². The molecule has 2 N–H and O–H groups in total. The number of carbonyl (C=O) groups excluding carboxylic acids is 1. The molecule has 0 saturated carbocycles. The first-order valence-electron chi connectivity index (χ1n) is 14.3. The van der Waals surface area contributed by atoms with Crippen LogP contribution in [0.2, 0.25) is 0 Å². The molecule has 0 aliphatic carbocycles. The minimum atomic E-state index is -0.482. The average molecular weight is 556 g/mol. The molecule has 0 saturated heterocycles. The Kier molecular flexibility index (Phi) is 8.56. The van der Waals surface area contributed by atoms with Crippen molar-refractivity contribution in [2.75, 3.05) is 0 Å². The van der Waals surface area contributed by atoms with E-state index >= 15 is 0 Å². The number of benzene rings is 3. The van der Waals surface area contributed by atoms with Gasteiger partial charge in [0, 0.05) is 22.9 Å². The van der Waals surface area contributed by atoms with Gasteiger partial charge in [0.2, 0.25) is 0 Å². The molecule has 219 valence electrons. The van der Waals surface area contributed by atoms with E-state index in [1.54, 1.807) is 18.2 Å². The summed E-state index contributed by atoms with van der Waals surface area (Å²) in [5.74, 6) is -0.252. The van der Waals surface area contributed by atoms with Crippen LogP contribution in [-0.4, -0.2) is 22.3 Å². The van der Waals surface area contributed by atoms with Gasteiger partial charge in [0.25, 0.3) is 5.91 Å². The Morgan fingerprint density at radius 1 is 0.634 bits per heavy atom. The summed E-state index contributed by atoms with van der Waals surface area (Å²) >= 11 is 0. The third kappa shape index (κ3) is 7.38. The number of para-hydroxylation sites is 1. The van der Waals surface area contributed by atoms with Gasteiger partial charge in [-0.25, -0.2) is 10.3 Å². The monoisotopic (exact) mass is 555 g/mol. The fraction of sp³-hybridized carbons (Fsp3) is 0.444. The van der Waals surface area contributed by atoms with Crippen LogP contribution < -0.4 is 5.32 Å². The van der Waals surface area contributed by atoms with Crippen molar-refractivity contribution >= 4 is 23.5 Å². The molecule has 0 bridgehead atoms. The van der Waals surface area contributed by atoms with Gasteiger partial charge < -0.3 is 10.2 Å². The lowest BCUT2D eigenvalue weighted by Crippen LogP contribution is -2.17. The zero-order valence-corrected chi connectivity index (χ0v) is 26.9. The molecule has 0 heterocycles. The maximum atomic E-state index is 13.4. The summed E-state index contributed by atoms with van der Waals surface area (Å²) in [6.07, 6.45) is 1.44. The Morgan fingerprint density at radius 3 is 1.63 bits per heavy atom. The molecular formula is C36H47N2O3. The second-order valence-corrected chi connectivity index (χ2v) is 15.0. The number of phenolic OH excluding ortho intramolecular Hbond substituents is 2. The smallest absolute Gasteiger partial charge is 0.279 e. The summed E-state index contributed by atoms with van der Waals surface area (Å²) < 4.78 is 0. The van der Waals surface area contributed by atoms with E-state index in [2.05, 4.69) is 67.3 Å². The lowest BCUT2D eigenvalue weighted by atomic mass is 9.79. The van der Waals surface area contributed by atoms with Crippen LogP contribution in [0.4, 0.5) is 11.4 Å². The molecule has 41 heavy (non-hydrogen) atoms. The van der Waals surface area contributed by atoms with E-state index in [0.717, 1.165) is 22.3 Å². The van der Waals surface area contributed by atoms with E-state index in [9.17, 15) is 15.0 Å². The van der Waals surface area contributed by atoms with Gasteiger partial charge in [-0.05, 0) is 57.1 Å². The first-order valence-corrected chi connectivity index (χ1v) is 14.3. The molecule has 3 aromatic carbocycles. The van der Waals surface area contributed by atoms with Gasteiger partial charge in [-0.15, -0.1) is 0 Å². The topological polar surface area (TPSA) is 84.0 Å². The number of aliphatic imine (C=N–C) groups is 1. The maximum absolute atomic E-state index is 13.4. The Bertz CT molecular complexity index is 1470. The fourth-order valence-electron chi connectivity index (χ4n) is 4.55. The van der Waals surface area contributed by atoms with Crippen LogP contribution in [0.15, 0.2) is 53.5 Å². The second-order valence-electron chi connectivity index (χ2n) is 15.0. The normalized spacial score (nSPS) is 13.1. The SMILES string of the molecule is CC(C)(C)c1cc(C=NC(=O)c2ccccc2[N]c2cc(C(C)(C)C)cc(C(C)(C)C)c2O)c(O)c(C(C)(C)C)c1. The third-order valence-corrected chi connectivity index (χ3v) is 7.27. The van der Waals surface area contributed by atoms with Crippen LogP contribution in [0.25, 0.3) is 0 Å². The Hall–Kier alpha value is -3.60. The summed E-state index contributed by atoms with van der Waals surface area (Å²) in [5.41, 5.74) is 4.43. The van der Waals surface area contributed by atoms with Gasteiger partial charge in [0.15, 0.2) is 0 Å². The molecule has 1 radical (unpaired) electrons. The number of aromatic hydroxyl groups is 2. The average Bonchev–Trinajstić information content (AvgIpc) is 2.81. The summed E-state index contributed by atoms with van der Waals surface area (Å²) in [4.78, 5) is 17.7. The Labute approximate surface area is 246 Å². The minimum Gasteiger partial charge on any atom is -0.507 e. The van der Waals surface area contributed by atoms with Crippen LogP contribution in [0, 0.1) is 0 Å². The molecule has 5 nitrogen and oxygen atoms in total. The minimum absolute atomic E-state index is 0.106. The van der Waals surface area contributed by atoms with Crippen LogP contribution in [-0.2, 0) is 21.7 Å². The molecule has 1 amide bonds. The summed E-state index contributed by atoms with van der Waals surface area (Å²) in [5, 5.41) is 27.1. The highest BCUT2D eigenvalue weighted by Gasteiger charge is 2.27. The number of phenols is 2. The number of amides is 1. The number of rotatable bonds is 4. The molecule has 0 unspecified atom stereocenters. The van der Waals surface area contributed by atoms with Crippen LogP contribution in [0.3, 0.4) is 0 Å². The van der Waals surface area contributed by atoms with Crippen molar-refractivity contribution in [1.29, 1.82) is 0 Å². The molecule has 0 aliphatic heterocycles. The van der Waals surface area contributed by atoms with E-state index in [1.165, 1.54) is 6.21 Å². The van der Waals surface area contributed by atoms with Crippen molar-refractivity contribution in [3.63, 3.8) is 0 Å². The largest absolute Gasteiger partial charge is 0.507 e. The highest BCUT2D eigenvalue weighted by atomic mass is 16.3. The molecule has 3 rings (SSSR count). The molecular weight excluding hydrogens is 508 g/mol. The number of hydrogen-bond donors (Lipinski definition) is 2. The summed E-state index contributed by atoms with van der Waals surface area (Å²) in [7, 11) is 0. The molecule has 0 fully saturated rings. The van der Waals surface area contributed by atoms with Gasteiger partial charge in [-0.1, -0.05) is 107 Å². The maximum Gasteiger partial charge on any atom is 0.279 e. The Balaban J connectivity index is 2.07. The molecule has 3 aromatic rings. The van der Waals surface area contributed by atoms with Crippen molar-refractivity contribution in [3.8, 4) is 11.5 Å². The first kappa shape index (κ1) is 31.9. The van der Waals surface area contributed by atoms with Gasteiger partial charge in [-0.3, -0.25) is 4.79 Å². The zero-order valence-electron chi connectivity index (χ0n) is 26.9. The molecule has 0 spiro atoms. The van der Waals surface area contributed by atoms with Crippen molar-refractivity contribution in [2.45, 2.75) is 105 Å². The second kappa shape index (κ2) is 11.0. The number of hydrogen-bond acceptors (Lipinski definition) is 3. The predicted octanol–water partition coefficient (Wildman–Crippen LogP) is 9.11. The highest BCUT2D eigenvalue weighted by Crippen LogP contribution is 2.42. The van der Waals surface area contributed by atoms with E-state index in [1.807, 2.05) is 51.1 Å². The van der Waals surface area contributed by atoms with Crippen LogP contribution in [0.5, 0.6) is 11.5 Å². The van der Waals surface area contributed by atoms with E-state index in [0.29, 0.717) is 22.5 Å².